The first-order valence-electron chi connectivity index (χ1n) is 5.96. The van der Waals surface area contributed by atoms with Crippen molar-refractivity contribution in [3.05, 3.63) is 29.8 Å². The number of hydrogen-bond donors (Lipinski definition) is 0. The van der Waals surface area contributed by atoms with Crippen molar-refractivity contribution in [2.45, 2.75) is 19.0 Å². The highest BCUT2D eigenvalue weighted by atomic mass is 19.4. The summed E-state index contributed by atoms with van der Waals surface area (Å²) in [6.45, 7) is 1.17. The Labute approximate surface area is 118 Å². The molecule has 1 aromatic rings. The van der Waals surface area contributed by atoms with Crippen LogP contribution in [0.1, 0.15) is 5.56 Å². The second-order valence-electron chi connectivity index (χ2n) is 4.41. The maximum Gasteiger partial charge on any atom is 0.463 e. The van der Waals surface area contributed by atoms with Crippen LogP contribution < -0.4 is 4.74 Å². The van der Waals surface area contributed by atoms with E-state index in [4.69, 9.17) is 4.74 Å². The van der Waals surface area contributed by atoms with E-state index < -0.39 is 24.6 Å². The second-order valence-corrected chi connectivity index (χ2v) is 4.41. The number of nitrogens with zero attached hydrogens (tertiary/aromatic N) is 1. The predicted octanol–water partition coefficient (Wildman–Crippen LogP) is 3.03. The Kier molecular flexibility index (Phi) is 5.14. The van der Waals surface area contributed by atoms with E-state index in [0.717, 1.165) is 12.6 Å². The zero-order valence-corrected chi connectivity index (χ0v) is 11.4. The molecule has 1 amide bonds. The van der Waals surface area contributed by atoms with Crippen LogP contribution in [0.5, 0.6) is 5.75 Å². The van der Waals surface area contributed by atoms with E-state index in [2.05, 4.69) is 0 Å². The third kappa shape index (κ3) is 4.05. The lowest BCUT2D eigenvalue weighted by atomic mass is 10.2. The molecule has 8 heteroatoms. The molecule has 0 N–H and O–H groups in total. The summed E-state index contributed by atoms with van der Waals surface area (Å²) in [6.07, 6.45) is -5.91. The predicted molar refractivity (Wildman–Crippen MR) is 65.3 cm³/mol. The van der Waals surface area contributed by atoms with Gasteiger partial charge in [-0.2, -0.15) is 22.0 Å². The van der Waals surface area contributed by atoms with Crippen molar-refractivity contribution in [2.24, 2.45) is 0 Å². The number of aryl methyl sites for hydroxylation is 1. The Morgan fingerprint density at radius 1 is 1.19 bits per heavy atom. The molecule has 21 heavy (non-hydrogen) atoms. The number of benzene rings is 1. The summed E-state index contributed by atoms with van der Waals surface area (Å²) in [4.78, 5) is 11.4. The number of carbonyl (C=O) groups is 1. The Morgan fingerprint density at radius 2 is 1.76 bits per heavy atom. The summed E-state index contributed by atoms with van der Waals surface area (Å²) in [5, 5.41) is 0. The Morgan fingerprint density at radius 3 is 2.29 bits per heavy atom. The Hall–Kier alpha value is -1.86. The molecule has 0 radical (unpaired) electrons. The smallest absolute Gasteiger partial charge is 0.463 e. The lowest BCUT2D eigenvalue weighted by Crippen LogP contribution is -2.51. The van der Waals surface area contributed by atoms with Crippen molar-refractivity contribution in [1.82, 2.24) is 4.90 Å². The number of ether oxygens (including phenoxy) is 1. The maximum atomic E-state index is 12.8. The van der Waals surface area contributed by atoms with Gasteiger partial charge in [0.2, 0.25) is 0 Å². The van der Waals surface area contributed by atoms with Gasteiger partial charge in [-0.1, -0.05) is 18.2 Å². The fourth-order valence-electron chi connectivity index (χ4n) is 1.47. The van der Waals surface area contributed by atoms with Crippen LogP contribution >= 0.6 is 0 Å². The lowest BCUT2D eigenvalue weighted by Gasteiger charge is -2.24. The summed E-state index contributed by atoms with van der Waals surface area (Å²) < 4.78 is 67.1. The van der Waals surface area contributed by atoms with Gasteiger partial charge in [-0.05, 0) is 18.6 Å². The molecular weight excluding hydrogens is 297 g/mol. The van der Waals surface area contributed by atoms with Gasteiger partial charge < -0.3 is 9.64 Å². The molecule has 0 spiro atoms. The van der Waals surface area contributed by atoms with Crippen molar-refractivity contribution in [3.63, 3.8) is 0 Å². The van der Waals surface area contributed by atoms with Gasteiger partial charge in [-0.3, -0.25) is 4.79 Å². The summed E-state index contributed by atoms with van der Waals surface area (Å²) in [5.41, 5.74) is 0.784. The van der Waals surface area contributed by atoms with E-state index in [0.29, 0.717) is 10.6 Å². The maximum absolute atomic E-state index is 12.8. The number of para-hydroxylation sites is 1. The van der Waals surface area contributed by atoms with Gasteiger partial charge in [0.05, 0.1) is 6.54 Å². The van der Waals surface area contributed by atoms with E-state index in [1.54, 1.807) is 31.2 Å². The highest BCUT2D eigenvalue weighted by Gasteiger charge is 2.64. The summed E-state index contributed by atoms with van der Waals surface area (Å²) >= 11 is 0. The first-order valence-corrected chi connectivity index (χ1v) is 5.96. The average molecular weight is 311 g/mol. The molecular formula is C13H14F5NO2. The van der Waals surface area contributed by atoms with Crippen molar-refractivity contribution in [3.8, 4) is 5.75 Å². The molecule has 0 aliphatic carbocycles. The van der Waals surface area contributed by atoms with Crippen LogP contribution in [-0.4, -0.2) is 43.1 Å². The minimum absolute atomic E-state index is 0.193. The number of halogens is 5. The van der Waals surface area contributed by atoms with Crippen molar-refractivity contribution in [1.29, 1.82) is 0 Å². The summed E-state index contributed by atoms with van der Waals surface area (Å²) in [6, 6.07) is 6.83. The number of likely N-dealkylation sites (N-methyl/N-ethyl adjacent to an activating group) is 1. The van der Waals surface area contributed by atoms with Gasteiger partial charge in [0, 0.05) is 7.05 Å². The molecule has 0 saturated carbocycles. The number of carbonyl (C=O) groups excluding carboxylic acids is 1. The quantitative estimate of drug-likeness (QED) is 0.782. The highest BCUT2D eigenvalue weighted by molar-refractivity contribution is 5.84. The van der Waals surface area contributed by atoms with E-state index in [1.807, 2.05) is 0 Å². The minimum atomic E-state index is -5.91. The lowest BCUT2D eigenvalue weighted by molar-refractivity contribution is -0.274. The number of hydrogen-bond acceptors (Lipinski definition) is 2. The third-order valence-electron chi connectivity index (χ3n) is 2.75. The molecule has 1 aromatic carbocycles. The van der Waals surface area contributed by atoms with Crippen LogP contribution in [0.25, 0.3) is 0 Å². The van der Waals surface area contributed by atoms with E-state index in [9.17, 15) is 26.7 Å². The normalized spacial score (nSPS) is 12.1. The molecule has 0 bridgehead atoms. The molecule has 0 fully saturated rings. The molecule has 118 valence electrons. The molecule has 0 heterocycles. The summed E-state index contributed by atoms with van der Waals surface area (Å²) in [5.74, 6) is -7.23. The summed E-state index contributed by atoms with van der Waals surface area (Å²) in [7, 11) is 0.864. The molecule has 0 atom stereocenters. The molecule has 3 nitrogen and oxygen atoms in total. The van der Waals surface area contributed by atoms with E-state index in [-0.39, 0.29) is 6.61 Å². The van der Waals surface area contributed by atoms with Crippen LogP contribution in [0.2, 0.25) is 0 Å². The van der Waals surface area contributed by atoms with Gasteiger partial charge in [0.25, 0.3) is 0 Å². The van der Waals surface area contributed by atoms with Crippen LogP contribution in [0.4, 0.5) is 22.0 Å². The zero-order valence-electron chi connectivity index (χ0n) is 11.4. The zero-order chi connectivity index (χ0) is 16.3. The van der Waals surface area contributed by atoms with Crippen LogP contribution in [0, 0.1) is 6.92 Å². The van der Waals surface area contributed by atoms with Crippen LogP contribution in [0.15, 0.2) is 24.3 Å². The first-order chi connectivity index (χ1) is 9.57. The Bertz CT molecular complexity index is 502. The van der Waals surface area contributed by atoms with Crippen LogP contribution in [-0.2, 0) is 4.79 Å². The van der Waals surface area contributed by atoms with Gasteiger partial charge in [0.1, 0.15) is 12.4 Å². The number of amides is 1. The molecule has 1 rings (SSSR count). The number of alkyl halides is 5. The fourth-order valence-corrected chi connectivity index (χ4v) is 1.47. The van der Waals surface area contributed by atoms with Gasteiger partial charge in [-0.15, -0.1) is 0 Å². The molecule has 0 saturated heterocycles. The fraction of sp³-hybridized carbons (Fsp3) is 0.462. The van der Waals surface area contributed by atoms with Gasteiger partial charge in [0.15, 0.2) is 0 Å². The van der Waals surface area contributed by atoms with Crippen LogP contribution in [0.3, 0.4) is 0 Å². The van der Waals surface area contributed by atoms with E-state index >= 15 is 0 Å². The SMILES string of the molecule is Cc1ccccc1OCCN(C)C(=O)C(F)(F)C(F)(F)F. The highest BCUT2D eigenvalue weighted by Crippen LogP contribution is 2.36. The topological polar surface area (TPSA) is 29.5 Å². The molecule has 0 unspecified atom stereocenters. The van der Waals surface area contributed by atoms with Crippen molar-refractivity contribution >= 4 is 5.91 Å². The van der Waals surface area contributed by atoms with E-state index in [1.165, 1.54) is 0 Å². The van der Waals surface area contributed by atoms with Gasteiger partial charge in [-0.25, -0.2) is 0 Å². The number of rotatable bonds is 5. The molecule has 0 aliphatic rings. The monoisotopic (exact) mass is 311 g/mol. The average Bonchev–Trinajstić information content (AvgIpc) is 2.38. The third-order valence-corrected chi connectivity index (χ3v) is 2.75. The molecule has 0 aromatic heterocycles. The van der Waals surface area contributed by atoms with Gasteiger partial charge >= 0.3 is 18.0 Å². The molecule has 0 aliphatic heterocycles. The standard InChI is InChI=1S/C13H14F5NO2/c1-9-5-3-4-6-10(9)21-8-7-19(2)11(20)12(14,15)13(16,17)18/h3-6H,7-8H2,1-2H3. The second kappa shape index (κ2) is 6.28. The minimum Gasteiger partial charge on any atom is -0.491 e. The largest absolute Gasteiger partial charge is 0.491 e. The first kappa shape index (κ1) is 17.2. The van der Waals surface area contributed by atoms with Crippen molar-refractivity contribution < 1.29 is 31.5 Å². The Balaban J connectivity index is 2.57. The van der Waals surface area contributed by atoms with Crippen molar-refractivity contribution in [2.75, 3.05) is 20.2 Å².